The number of amides is 1. The van der Waals surface area contributed by atoms with E-state index in [2.05, 4.69) is 10.4 Å². The summed E-state index contributed by atoms with van der Waals surface area (Å²) < 4.78 is 7.10. The number of rotatable bonds is 5. The highest BCUT2D eigenvalue weighted by molar-refractivity contribution is 7.14. The van der Waals surface area contributed by atoms with Crippen LogP contribution in [-0.4, -0.2) is 27.8 Å². The molecule has 0 unspecified atom stereocenters. The van der Waals surface area contributed by atoms with Crippen LogP contribution < -0.4 is 5.32 Å². The quantitative estimate of drug-likeness (QED) is 0.634. The third-order valence-corrected chi connectivity index (χ3v) is 5.73. The molecule has 0 saturated carbocycles. The van der Waals surface area contributed by atoms with Crippen molar-refractivity contribution in [2.24, 2.45) is 0 Å². The zero-order valence-electron chi connectivity index (χ0n) is 15.4. The number of aryl methyl sites for hydroxylation is 2. The van der Waals surface area contributed by atoms with Gasteiger partial charge in [-0.25, -0.2) is 9.48 Å². The first kappa shape index (κ1) is 18.6. The first-order chi connectivity index (χ1) is 12.5. The molecular formula is C19H25N3O3S. The van der Waals surface area contributed by atoms with E-state index in [9.17, 15) is 9.59 Å². The first-order valence-electron chi connectivity index (χ1n) is 9.12. The number of anilines is 1. The fourth-order valence-corrected chi connectivity index (χ4v) is 4.23. The molecule has 3 rings (SSSR count). The number of hydrogen-bond acceptors (Lipinski definition) is 5. The van der Waals surface area contributed by atoms with Crippen LogP contribution in [0.1, 0.15) is 66.2 Å². The van der Waals surface area contributed by atoms with E-state index >= 15 is 0 Å². The number of fused-ring (bicyclic) bond motifs is 1. The van der Waals surface area contributed by atoms with E-state index in [0.29, 0.717) is 10.7 Å². The molecule has 26 heavy (non-hydrogen) atoms. The minimum Gasteiger partial charge on any atom is -0.448 e. The lowest BCUT2D eigenvalue weighted by Crippen LogP contribution is -2.30. The lowest BCUT2D eigenvalue weighted by atomic mass is 10.1. The SMILES string of the molecule is CC(C)n1nccc1NC(=O)[C@H](C)OC(=O)c1cc2c(s1)CCCCC2. The lowest BCUT2D eigenvalue weighted by Gasteiger charge is -2.15. The van der Waals surface area contributed by atoms with Gasteiger partial charge in [0.2, 0.25) is 0 Å². The van der Waals surface area contributed by atoms with Gasteiger partial charge in [0.15, 0.2) is 6.10 Å². The highest BCUT2D eigenvalue weighted by atomic mass is 32.1. The maximum atomic E-state index is 12.4. The summed E-state index contributed by atoms with van der Waals surface area (Å²) in [6, 6.07) is 3.79. The Morgan fingerprint density at radius 3 is 2.77 bits per heavy atom. The second-order valence-electron chi connectivity index (χ2n) is 6.91. The Labute approximate surface area is 157 Å². The molecule has 0 saturated heterocycles. The Balaban J connectivity index is 1.62. The van der Waals surface area contributed by atoms with Crippen molar-refractivity contribution < 1.29 is 14.3 Å². The van der Waals surface area contributed by atoms with E-state index in [-0.39, 0.29) is 11.9 Å². The van der Waals surface area contributed by atoms with E-state index in [1.165, 1.54) is 41.0 Å². The minimum absolute atomic E-state index is 0.125. The van der Waals surface area contributed by atoms with Crippen LogP contribution in [-0.2, 0) is 22.4 Å². The Hall–Kier alpha value is -2.15. The molecule has 0 aliphatic heterocycles. The summed E-state index contributed by atoms with van der Waals surface area (Å²) in [5.41, 5.74) is 1.26. The van der Waals surface area contributed by atoms with Gasteiger partial charge in [0, 0.05) is 17.0 Å². The average Bonchev–Trinajstić information content (AvgIpc) is 3.17. The smallest absolute Gasteiger partial charge is 0.349 e. The van der Waals surface area contributed by atoms with Crippen LogP contribution in [0, 0.1) is 0 Å². The Kier molecular flexibility index (Phi) is 5.76. The van der Waals surface area contributed by atoms with E-state index < -0.39 is 12.1 Å². The first-order valence-corrected chi connectivity index (χ1v) is 9.94. The standard InChI is InChI=1S/C19H25N3O3S/c1-12(2)22-17(9-10-20-22)21-18(23)13(3)25-19(24)16-11-14-7-5-4-6-8-15(14)26-16/h9-13H,4-8H2,1-3H3,(H,21,23)/t13-/m0/s1. The van der Waals surface area contributed by atoms with Gasteiger partial charge in [-0.05, 0) is 58.1 Å². The van der Waals surface area contributed by atoms with Crippen LogP contribution in [0.4, 0.5) is 5.82 Å². The maximum Gasteiger partial charge on any atom is 0.349 e. The topological polar surface area (TPSA) is 73.2 Å². The summed E-state index contributed by atoms with van der Waals surface area (Å²) in [5, 5.41) is 6.95. The fourth-order valence-electron chi connectivity index (χ4n) is 3.09. The predicted molar refractivity (Wildman–Crippen MR) is 102 cm³/mol. The molecule has 1 N–H and O–H groups in total. The molecule has 1 atom stereocenters. The summed E-state index contributed by atoms with van der Waals surface area (Å²) in [6.45, 7) is 5.54. The number of ether oxygens (including phenoxy) is 1. The normalized spacial score (nSPS) is 15.2. The van der Waals surface area contributed by atoms with Gasteiger partial charge < -0.3 is 10.1 Å². The van der Waals surface area contributed by atoms with E-state index in [0.717, 1.165) is 12.8 Å². The highest BCUT2D eigenvalue weighted by Crippen LogP contribution is 2.29. The summed E-state index contributed by atoms with van der Waals surface area (Å²) in [5.74, 6) is -0.197. The van der Waals surface area contributed by atoms with Gasteiger partial charge >= 0.3 is 5.97 Å². The van der Waals surface area contributed by atoms with Gasteiger partial charge in [0.1, 0.15) is 10.7 Å². The summed E-state index contributed by atoms with van der Waals surface area (Å²) in [4.78, 5) is 26.7. The molecular weight excluding hydrogens is 350 g/mol. The molecule has 6 nitrogen and oxygen atoms in total. The third-order valence-electron chi connectivity index (χ3n) is 4.51. The van der Waals surface area contributed by atoms with Crippen molar-refractivity contribution in [3.63, 3.8) is 0 Å². The Morgan fingerprint density at radius 2 is 2.00 bits per heavy atom. The summed E-state index contributed by atoms with van der Waals surface area (Å²) >= 11 is 1.50. The molecule has 0 radical (unpaired) electrons. The number of nitrogens with zero attached hydrogens (tertiary/aromatic N) is 2. The van der Waals surface area contributed by atoms with Crippen LogP contribution in [0.5, 0.6) is 0 Å². The van der Waals surface area contributed by atoms with Crippen molar-refractivity contribution in [2.45, 2.75) is 65.0 Å². The number of hydrogen-bond donors (Lipinski definition) is 1. The van der Waals surface area contributed by atoms with Gasteiger partial charge in [0.25, 0.3) is 5.91 Å². The van der Waals surface area contributed by atoms with Crippen molar-refractivity contribution in [1.29, 1.82) is 0 Å². The van der Waals surface area contributed by atoms with Crippen LogP contribution in [0.25, 0.3) is 0 Å². The maximum absolute atomic E-state index is 12.4. The van der Waals surface area contributed by atoms with Crippen molar-refractivity contribution in [2.75, 3.05) is 5.32 Å². The second-order valence-corrected chi connectivity index (χ2v) is 8.05. The molecule has 1 aliphatic rings. The van der Waals surface area contributed by atoms with Gasteiger partial charge in [-0.2, -0.15) is 5.10 Å². The van der Waals surface area contributed by atoms with E-state index in [1.54, 1.807) is 23.9 Å². The fraction of sp³-hybridized carbons (Fsp3) is 0.526. The third kappa shape index (κ3) is 4.15. The molecule has 140 valence electrons. The van der Waals surface area contributed by atoms with Crippen molar-refractivity contribution in [3.05, 3.63) is 33.6 Å². The number of thiophene rings is 1. The molecule has 0 bridgehead atoms. The van der Waals surface area contributed by atoms with Crippen LogP contribution >= 0.6 is 11.3 Å². The number of aromatic nitrogens is 2. The molecule has 7 heteroatoms. The van der Waals surface area contributed by atoms with Crippen molar-refractivity contribution >= 4 is 29.0 Å². The predicted octanol–water partition coefficient (Wildman–Crippen LogP) is 3.98. The molecule has 0 spiro atoms. The van der Waals surface area contributed by atoms with Crippen molar-refractivity contribution in [1.82, 2.24) is 9.78 Å². The van der Waals surface area contributed by atoms with Crippen molar-refractivity contribution in [3.8, 4) is 0 Å². The molecule has 2 aromatic rings. The van der Waals surface area contributed by atoms with Gasteiger partial charge in [-0.1, -0.05) is 6.42 Å². The van der Waals surface area contributed by atoms with Crippen LogP contribution in [0.2, 0.25) is 0 Å². The van der Waals surface area contributed by atoms with Crippen LogP contribution in [0.3, 0.4) is 0 Å². The summed E-state index contributed by atoms with van der Waals surface area (Å²) in [7, 11) is 0. The largest absolute Gasteiger partial charge is 0.448 e. The molecule has 2 heterocycles. The Bertz CT molecular complexity index is 770. The van der Waals surface area contributed by atoms with Gasteiger partial charge in [-0.3, -0.25) is 4.79 Å². The summed E-state index contributed by atoms with van der Waals surface area (Å²) in [6.07, 6.45) is 6.39. The second kappa shape index (κ2) is 8.03. The van der Waals surface area contributed by atoms with Gasteiger partial charge in [0.05, 0.1) is 6.20 Å². The van der Waals surface area contributed by atoms with E-state index in [1.807, 2.05) is 19.9 Å². The number of nitrogens with one attached hydrogen (secondary N) is 1. The van der Waals surface area contributed by atoms with Gasteiger partial charge in [-0.15, -0.1) is 11.3 Å². The number of esters is 1. The zero-order chi connectivity index (χ0) is 18.7. The zero-order valence-corrected chi connectivity index (χ0v) is 16.3. The molecule has 1 amide bonds. The number of carbonyl (C=O) groups is 2. The lowest BCUT2D eigenvalue weighted by molar-refractivity contribution is -0.123. The number of carbonyl (C=O) groups excluding carboxylic acids is 2. The molecule has 1 aliphatic carbocycles. The van der Waals surface area contributed by atoms with E-state index in [4.69, 9.17) is 4.74 Å². The highest BCUT2D eigenvalue weighted by Gasteiger charge is 2.23. The molecule has 0 fully saturated rings. The molecule has 0 aromatic carbocycles. The average molecular weight is 375 g/mol. The van der Waals surface area contributed by atoms with Crippen LogP contribution in [0.15, 0.2) is 18.3 Å². The monoisotopic (exact) mass is 375 g/mol. The Morgan fingerprint density at radius 1 is 1.23 bits per heavy atom. The molecule has 2 aromatic heterocycles. The minimum atomic E-state index is -0.875.